The molecule has 2 aliphatic heterocycles. The Bertz CT molecular complexity index is 710. The maximum Gasteiger partial charge on any atom is 0.214 e. The molecule has 0 amide bonds. The molecule has 0 bridgehead atoms. The number of hydrogen-bond donors (Lipinski definition) is 1. The van der Waals surface area contributed by atoms with Crippen LogP contribution in [0.4, 0.5) is 0 Å². The summed E-state index contributed by atoms with van der Waals surface area (Å²) in [5.41, 5.74) is 2.95. The summed E-state index contributed by atoms with van der Waals surface area (Å²) in [5.74, 6) is 0.664. The van der Waals surface area contributed by atoms with Crippen LogP contribution in [0.2, 0.25) is 0 Å². The van der Waals surface area contributed by atoms with Crippen LogP contribution in [0.15, 0.2) is 42.5 Å². The summed E-state index contributed by atoms with van der Waals surface area (Å²) in [4.78, 5) is 4.69. The van der Waals surface area contributed by atoms with Gasteiger partial charge in [0.05, 0.1) is 18.9 Å². The van der Waals surface area contributed by atoms with Gasteiger partial charge in [0.2, 0.25) is 5.88 Å². The van der Waals surface area contributed by atoms with E-state index in [9.17, 15) is 0 Å². The van der Waals surface area contributed by atoms with Gasteiger partial charge < -0.3 is 19.5 Å². The molecule has 4 rings (SSSR count). The van der Waals surface area contributed by atoms with Crippen molar-refractivity contribution in [2.24, 2.45) is 0 Å². The fourth-order valence-corrected chi connectivity index (χ4v) is 3.42. The lowest BCUT2D eigenvalue weighted by molar-refractivity contribution is -0.0440. The van der Waals surface area contributed by atoms with Crippen LogP contribution in [0.1, 0.15) is 31.6 Å². The Hall–Kier alpha value is -1.95. The minimum absolute atomic E-state index is 0.108. The second kappa shape index (κ2) is 7.52. The first-order valence-corrected chi connectivity index (χ1v) is 9.00. The van der Waals surface area contributed by atoms with Gasteiger partial charge in [-0.05, 0) is 38.4 Å². The lowest BCUT2D eigenvalue weighted by Gasteiger charge is -2.20. The number of nitrogens with one attached hydrogen (secondary N) is 1. The number of ether oxygens (including phenoxy) is 3. The summed E-state index contributed by atoms with van der Waals surface area (Å²) >= 11 is 0. The Morgan fingerprint density at radius 1 is 1.16 bits per heavy atom. The van der Waals surface area contributed by atoms with Crippen LogP contribution in [0.25, 0.3) is 11.3 Å². The van der Waals surface area contributed by atoms with E-state index in [1.807, 2.05) is 36.4 Å². The van der Waals surface area contributed by atoms with Crippen molar-refractivity contribution in [2.45, 2.75) is 38.2 Å². The number of rotatable bonds is 5. The van der Waals surface area contributed by atoms with Crippen molar-refractivity contribution in [1.29, 1.82) is 0 Å². The molecular formula is C20H24N2O3. The highest BCUT2D eigenvalue weighted by atomic mass is 16.7. The molecule has 1 N–H and O–H groups in total. The second-order valence-corrected chi connectivity index (χ2v) is 6.59. The molecular weight excluding hydrogens is 316 g/mol. The normalized spacial score (nSPS) is 22.2. The molecule has 2 fully saturated rings. The zero-order valence-electron chi connectivity index (χ0n) is 14.5. The second-order valence-electron chi connectivity index (χ2n) is 6.59. The van der Waals surface area contributed by atoms with Gasteiger partial charge in [-0.2, -0.15) is 0 Å². The van der Waals surface area contributed by atoms with E-state index in [0.717, 1.165) is 29.8 Å². The molecule has 0 saturated carbocycles. The first-order valence-electron chi connectivity index (χ1n) is 9.00. The first-order chi connectivity index (χ1) is 12.3. The van der Waals surface area contributed by atoms with E-state index in [1.165, 1.54) is 6.42 Å². The Morgan fingerprint density at radius 2 is 2.00 bits per heavy atom. The Kier molecular flexibility index (Phi) is 4.97. The topological polar surface area (TPSA) is 52.6 Å². The van der Waals surface area contributed by atoms with Crippen LogP contribution in [-0.4, -0.2) is 36.9 Å². The largest absolute Gasteiger partial charge is 0.473 e. The molecule has 5 nitrogen and oxygen atoms in total. The average Bonchev–Trinajstić information content (AvgIpc) is 3.36. The van der Waals surface area contributed by atoms with Crippen LogP contribution in [0, 0.1) is 0 Å². The summed E-state index contributed by atoms with van der Waals surface area (Å²) in [6.45, 7) is 4.46. The predicted octanol–water partition coefficient (Wildman–Crippen LogP) is 3.31. The fraction of sp³-hybridized carbons (Fsp3) is 0.450. The summed E-state index contributed by atoms with van der Waals surface area (Å²) in [6.07, 6.45) is 2.21. The lowest BCUT2D eigenvalue weighted by Crippen LogP contribution is -2.36. The van der Waals surface area contributed by atoms with E-state index >= 15 is 0 Å². The molecule has 25 heavy (non-hydrogen) atoms. The molecule has 0 aliphatic carbocycles. The molecule has 0 spiro atoms. The molecule has 1 aromatic carbocycles. The van der Waals surface area contributed by atoms with Crippen molar-refractivity contribution < 1.29 is 14.2 Å². The molecule has 1 aromatic heterocycles. The van der Waals surface area contributed by atoms with Crippen LogP contribution in [-0.2, 0) is 9.47 Å². The number of hydrogen-bond acceptors (Lipinski definition) is 5. The van der Waals surface area contributed by atoms with Gasteiger partial charge in [-0.25, -0.2) is 4.98 Å². The number of nitrogens with zero attached hydrogens (tertiary/aromatic N) is 1. The standard InChI is InChI=1S/C20H24N2O3/c1-14(17-8-4-10-21-17)25-19-9-3-7-18(22-19)15-5-2-6-16(13-15)20-23-11-12-24-20/h2-3,5-7,9,13-14,17,20-21H,4,8,10-12H2,1H3/t14-,17?/m0/s1. The van der Waals surface area contributed by atoms with Gasteiger partial charge in [-0.3, -0.25) is 0 Å². The summed E-state index contributed by atoms with van der Waals surface area (Å²) < 4.78 is 17.2. The van der Waals surface area contributed by atoms with Crippen molar-refractivity contribution >= 4 is 0 Å². The number of pyridine rings is 1. The fourth-order valence-electron chi connectivity index (χ4n) is 3.42. The van der Waals surface area contributed by atoms with Crippen LogP contribution in [0.5, 0.6) is 5.88 Å². The van der Waals surface area contributed by atoms with Gasteiger partial charge in [0.25, 0.3) is 0 Å². The number of aromatic nitrogens is 1. The molecule has 0 radical (unpaired) electrons. The zero-order chi connectivity index (χ0) is 17.1. The highest BCUT2D eigenvalue weighted by Gasteiger charge is 2.23. The summed E-state index contributed by atoms with van der Waals surface area (Å²) in [5, 5.41) is 3.48. The SMILES string of the molecule is C[C@H](Oc1cccc(-c2cccc(C3OCCO3)c2)n1)C1CCCN1. The summed E-state index contributed by atoms with van der Waals surface area (Å²) in [7, 11) is 0. The van der Waals surface area contributed by atoms with Crippen LogP contribution in [0.3, 0.4) is 0 Å². The van der Waals surface area contributed by atoms with E-state index in [1.54, 1.807) is 0 Å². The van der Waals surface area contributed by atoms with Crippen LogP contribution < -0.4 is 10.1 Å². The van der Waals surface area contributed by atoms with Crippen molar-refractivity contribution in [3.05, 3.63) is 48.0 Å². The van der Waals surface area contributed by atoms with Crippen molar-refractivity contribution in [2.75, 3.05) is 19.8 Å². The van der Waals surface area contributed by atoms with E-state index in [4.69, 9.17) is 19.2 Å². The Labute approximate surface area is 148 Å². The van der Waals surface area contributed by atoms with Gasteiger partial charge >= 0.3 is 0 Å². The third-order valence-corrected chi connectivity index (χ3v) is 4.77. The van der Waals surface area contributed by atoms with Crippen LogP contribution >= 0.6 is 0 Å². The minimum atomic E-state index is -0.271. The van der Waals surface area contributed by atoms with E-state index in [0.29, 0.717) is 25.1 Å². The molecule has 5 heteroatoms. The van der Waals surface area contributed by atoms with Gasteiger partial charge in [0.1, 0.15) is 6.10 Å². The van der Waals surface area contributed by atoms with Gasteiger partial charge in [0, 0.05) is 23.2 Å². The smallest absolute Gasteiger partial charge is 0.214 e. The Morgan fingerprint density at radius 3 is 2.80 bits per heavy atom. The van der Waals surface area contributed by atoms with E-state index < -0.39 is 0 Å². The van der Waals surface area contributed by atoms with Gasteiger partial charge in [0.15, 0.2) is 6.29 Å². The molecule has 2 aromatic rings. The highest BCUT2D eigenvalue weighted by Crippen LogP contribution is 2.28. The molecule has 3 heterocycles. The molecule has 2 aliphatic rings. The first kappa shape index (κ1) is 16.5. The maximum absolute atomic E-state index is 6.07. The third kappa shape index (κ3) is 3.84. The third-order valence-electron chi connectivity index (χ3n) is 4.77. The quantitative estimate of drug-likeness (QED) is 0.905. The van der Waals surface area contributed by atoms with Crippen molar-refractivity contribution in [3.63, 3.8) is 0 Å². The monoisotopic (exact) mass is 340 g/mol. The minimum Gasteiger partial charge on any atom is -0.473 e. The van der Waals surface area contributed by atoms with E-state index in [2.05, 4.69) is 18.3 Å². The van der Waals surface area contributed by atoms with E-state index in [-0.39, 0.29) is 12.4 Å². The average molecular weight is 340 g/mol. The zero-order valence-corrected chi connectivity index (χ0v) is 14.5. The maximum atomic E-state index is 6.07. The molecule has 2 saturated heterocycles. The van der Waals surface area contributed by atoms with Gasteiger partial charge in [-0.15, -0.1) is 0 Å². The molecule has 132 valence electrons. The van der Waals surface area contributed by atoms with Crippen molar-refractivity contribution in [3.8, 4) is 17.1 Å². The number of benzene rings is 1. The highest BCUT2D eigenvalue weighted by molar-refractivity contribution is 5.60. The molecule has 2 atom stereocenters. The predicted molar refractivity (Wildman–Crippen MR) is 95.4 cm³/mol. The van der Waals surface area contributed by atoms with Crippen molar-refractivity contribution in [1.82, 2.24) is 10.3 Å². The lowest BCUT2D eigenvalue weighted by atomic mass is 10.1. The Balaban J connectivity index is 1.51. The molecule has 1 unspecified atom stereocenters. The summed E-state index contributed by atoms with van der Waals surface area (Å²) in [6, 6.07) is 14.5. The van der Waals surface area contributed by atoms with Gasteiger partial charge in [-0.1, -0.05) is 24.3 Å².